The van der Waals surface area contributed by atoms with Gasteiger partial charge in [0.1, 0.15) is 0 Å². The van der Waals surface area contributed by atoms with Gasteiger partial charge < -0.3 is 9.93 Å². The van der Waals surface area contributed by atoms with Crippen LogP contribution in [0.4, 0.5) is 13.2 Å². The van der Waals surface area contributed by atoms with Crippen LogP contribution in [-0.4, -0.2) is 37.5 Å². The van der Waals surface area contributed by atoms with Crippen molar-refractivity contribution in [3.05, 3.63) is 0 Å². The van der Waals surface area contributed by atoms with Crippen LogP contribution < -0.4 is 0 Å². The molecule has 0 aromatic carbocycles. The van der Waals surface area contributed by atoms with Crippen molar-refractivity contribution in [3.63, 3.8) is 0 Å². The Morgan fingerprint density at radius 2 is 1.93 bits per heavy atom. The second kappa shape index (κ2) is 4.30. The first-order valence-electron chi connectivity index (χ1n) is 3.56. The van der Waals surface area contributed by atoms with Crippen LogP contribution in [0.25, 0.3) is 0 Å². The predicted octanol–water partition coefficient (Wildman–Crippen LogP) is 0.492. The van der Waals surface area contributed by atoms with E-state index >= 15 is 0 Å². The number of hydrogen-bond acceptors (Lipinski definition) is 4. The lowest BCUT2D eigenvalue weighted by atomic mass is 9.90. The monoisotopic (exact) mass is 231 g/mol. The first-order chi connectivity index (χ1) is 6.06. The first-order valence-corrected chi connectivity index (χ1v) is 5.22. The van der Waals surface area contributed by atoms with E-state index in [1.807, 2.05) is 0 Å². The van der Waals surface area contributed by atoms with Crippen molar-refractivity contribution in [2.45, 2.75) is 19.3 Å². The second-order valence-electron chi connectivity index (χ2n) is 2.70. The van der Waals surface area contributed by atoms with Crippen molar-refractivity contribution in [2.24, 2.45) is 4.90 Å². The zero-order valence-corrected chi connectivity index (χ0v) is 8.35. The molecule has 1 N–H and O–H groups in total. The van der Waals surface area contributed by atoms with E-state index in [0.717, 1.165) is 6.92 Å². The summed E-state index contributed by atoms with van der Waals surface area (Å²) >= 11 is 0. The van der Waals surface area contributed by atoms with Gasteiger partial charge in [0.25, 0.3) is 9.84 Å². The molecule has 82 valence electrons. The summed E-state index contributed by atoms with van der Waals surface area (Å²) < 4.78 is 56.6. The number of hydrogen-bond donors (Lipinski definition) is 1. The Balaban J connectivity index is 4.71. The van der Waals surface area contributed by atoms with Gasteiger partial charge in [-0.1, -0.05) is 0 Å². The molecule has 0 aromatic heterocycles. The lowest BCUT2D eigenvalue weighted by molar-refractivity contribution is -0.0432. The quantitative estimate of drug-likeness (QED) is 0.567. The van der Waals surface area contributed by atoms with E-state index in [0.29, 0.717) is 0 Å². The summed E-state index contributed by atoms with van der Waals surface area (Å²) in [5, 5.41) is 8.66. The van der Waals surface area contributed by atoms with Crippen LogP contribution >= 0.6 is 0 Å². The van der Waals surface area contributed by atoms with E-state index in [4.69, 9.17) is 5.02 Å². The van der Waals surface area contributed by atoms with Crippen molar-refractivity contribution in [2.75, 3.05) is 5.75 Å². The molecule has 0 atom stereocenters. The van der Waals surface area contributed by atoms with Crippen molar-refractivity contribution < 1.29 is 26.6 Å². The molecule has 0 saturated heterocycles. The highest BCUT2D eigenvalue weighted by Gasteiger charge is 2.45. The van der Waals surface area contributed by atoms with Crippen LogP contribution in [0.1, 0.15) is 6.92 Å². The van der Waals surface area contributed by atoms with Crippen LogP contribution in [0.2, 0.25) is 6.82 Å². The summed E-state index contributed by atoms with van der Waals surface area (Å²) in [5.74, 6) is -1.22. The first kappa shape index (κ1) is 13.4. The molecule has 0 aliphatic rings. The summed E-state index contributed by atoms with van der Waals surface area (Å²) in [6.45, 7) is 2.32. The smallest absolute Gasteiger partial charge is 0.431 e. The predicted molar refractivity (Wildman–Crippen MR) is 46.8 cm³/mol. The average molecular weight is 231 g/mol. The SMILES string of the molecule is CB(O)N=C(C)CS(=O)(=O)C(F)(F)F. The fourth-order valence-corrected chi connectivity index (χ4v) is 1.50. The van der Waals surface area contributed by atoms with Crippen LogP contribution in [0.3, 0.4) is 0 Å². The zero-order chi connectivity index (χ0) is 11.6. The molecular weight excluding hydrogens is 222 g/mol. The molecule has 0 fully saturated rings. The fourth-order valence-electron chi connectivity index (χ4n) is 0.713. The molecule has 0 saturated carbocycles. The van der Waals surface area contributed by atoms with Gasteiger partial charge in [-0.2, -0.15) is 13.2 Å². The van der Waals surface area contributed by atoms with Crippen LogP contribution in [0.5, 0.6) is 0 Å². The highest BCUT2D eigenvalue weighted by atomic mass is 32.2. The van der Waals surface area contributed by atoms with E-state index in [1.165, 1.54) is 6.82 Å². The summed E-state index contributed by atoms with van der Waals surface area (Å²) in [7, 11) is -6.39. The van der Waals surface area contributed by atoms with Gasteiger partial charge in [-0.15, -0.1) is 0 Å². The number of sulfone groups is 1. The van der Waals surface area contributed by atoms with E-state index in [-0.39, 0.29) is 5.71 Å². The van der Waals surface area contributed by atoms with Crippen molar-refractivity contribution in [1.29, 1.82) is 0 Å². The van der Waals surface area contributed by atoms with Crippen molar-refractivity contribution >= 4 is 22.6 Å². The second-order valence-corrected chi connectivity index (χ2v) is 4.68. The Bertz CT molecular complexity index is 322. The number of nitrogens with zero attached hydrogens (tertiary/aromatic N) is 1. The molecule has 0 bridgehead atoms. The Morgan fingerprint density at radius 1 is 1.50 bits per heavy atom. The van der Waals surface area contributed by atoms with Gasteiger partial charge in [-0.3, -0.25) is 0 Å². The fraction of sp³-hybridized carbons (Fsp3) is 0.800. The number of rotatable bonds is 3. The van der Waals surface area contributed by atoms with Crippen LogP contribution in [0, 0.1) is 0 Å². The number of alkyl halides is 3. The number of halogens is 3. The summed E-state index contributed by atoms with van der Waals surface area (Å²) in [5.41, 5.74) is -5.56. The van der Waals surface area contributed by atoms with E-state index in [2.05, 4.69) is 4.90 Å². The molecule has 0 amide bonds. The van der Waals surface area contributed by atoms with Gasteiger partial charge in [0, 0.05) is 5.71 Å². The van der Waals surface area contributed by atoms with E-state index in [1.54, 1.807) is 0 Å². The van der Waals surface area contributed by atoms with Gasteiger partial charge in [0.05, 0.1) is 5.75 Å². The Hall–Kier alpha value is -0.565. The molecule has 14 heavy (non-hydrogen) atoms. The lowest BCUT2D eigenvalue weighted by Crippen LogP contribution is -2.29. The topological polar surface area (TPSA) is 66.7 Å². The minimum absolute atomic E-state index is 0.280. The molecule has 0 unspecified atom stereocenters. The van der Waals surface area contributed by atoms with E-state index in [9.17, 15) is 21.6 Å². The van der Waals surface area contributed by atoms with Crippen molar-refractivity contribution in [1.82, 2.24) is 0 Å². The summed E-state index contributed by atoms with van der Waals surface area (Å²) in [6.07, 6.45) is 0. The third-order valence-electron chi connectivity index (χ3n) is 1.16. The highest BCUT2D eigenvalue weighted by molar-refractivity contribution is 7.92. The molecule has 9 heteroatoms. The Kier molecular flexibility index (Phi) is 4.13. The molecule has 0 heterocycles. The maximum Gasteiger partial charge on any atom is 0.497 e. The maximum atomic E-state index is 11.8. The summed E-state index contributed by atoms with van der Waals surface area (Å²) in [4.78, 5) is 3.27. The van der Waals surface area contributed by atoms with Gasteiger partial charge >= 0.3 is 12.6 Å². The van der Waals surface area contributed by atoms with E-state index < -0.39 is 28.1 Å². The Labute approximate surface area is 79.9 Å². The van der Waals surface area contributed by atoms with Gasteiger partial charge in [0.2, 0.25) is 0 Å². The lowest BCUT2D eigenvalue weighted by Gasteiger charge is -2.07. The minimum Gasteiger partial charge on any atom is -0.431 e. The largest absolute Gasteiger partial charge is 0.497 e. The van der Waals surface area contributed by atoms with Gasteiger partial charge in [-0.05, 0) is 13.7 Å². The van der Waals surface area contributed by atoms with Crippen molar-refractivity contribution in [3.8, 4) is 0 Å². The Morgan fingerprint density at radius 3 is 2.21 bits per heavy atom. The van der Waals surface area contributed by atoms with Gasteiger partial charge in [0.15, 0.2) is 0 Å². The maximum absolute atomic E-state index is 11.8. The normalized spacial score (nSPS) is 14.3. The zero-order valence-electron chi connectivity index (χ0n) is 7.54. The average Bonchev–Trinajstić information content (AvgIpc) is 1.79. The third-order valence-corrected chi connectivity index (χ3v) is 2.66. The molecule has 0 aromatic rings. The molecule has 0 aliphatic heterocycles. The molecular formula is C5H9BF3NO3S. The molecule has 0 aliphatic carbocycles. The van der Waals surface area contributed by atoms with Gasteiger partial charge in [-0.25, -0.2) is 8.42 Å². The molecule has 0 rings (SSSR count). The standard InChI is InChI=1S/C5H9BF3NO3S/c1-4(10-6(2)11)3-14(12,13)5(7,8)9/h11H,3H2,1-2H3. The third kappa shape index (κ3) is 4.10. The van der Waals surface area contributed by atoms with Crippen LogP contribution in [0.15, 0.2) is 4.90 Å². The highest BCUT2D eigenvalue weighted by Crippen LogP contribution is 2.23. The minimum atomic E-state index is -5.28. The molecule has 0 spiro atoms. The molecule has 0 radical (unpaired) electrons. The molecule has 4 nitrogen and oxygen atoms in total. The van der Waals surface area contributed by atoms with Crippen LogP contribution in [-0.2, 0) is 9.84 Å². The summed E-state index contributed by atoms with van der Waals surface area (Å²) in [6, 6.07) is 0.